The molecule has 2 amide bonds. The maximum absolute atomic E-state index is 12.9. The molecule has 8 N–H and O–H groups in total. The lowest BCUT2D eigenvalue weighted by Crippen LogP contribution is -2.52. The Morgan fingerprint density at radius 3 is 2.44 bits per heavy atom. The van der Waals surface area contributed by atoms with Crippen LogP contribution in [-0.4, -0.2) is 29.9 Å². The predicted molar refractivity (Wildman–Crippen MR) is 132 cm³/mol. The number of hydrogen-bond acceptors (Lipinski definition) is 5. The molecule has 0 spiro atoms. The van der Waals surface area contributed by atoms with E-state index in [9.17, 15) is 9.59 Å². The molecule has 1 aliphatic rings. The number of carbonyl (C=O) groups is 2. The van der Waals surface area contributed by atoms with Gasteiger partial charge in [-0.25, -0.2) is 4.99 Å². The zero-order valence-corrected chi connectivity index (χ0v) is 19.5. The third-order valence-corrected chi connectivity index (χ3v) is 6.23. The highest BCUT2D eigenvalue weighted by Gasteiger charge is 2.25. The van der Waals surface area contributed by atoms with Crippen LogP contribution in [0.1, 0.15) is 56.3 Å². The van der Waals surface area contributed by atoms with E-state index in [2.05, 4.69) is 15.6 Å². The fraction of sp³-hybridized carbons (Fsp3) is 0.480. The fourth-order valence-electron chi connectivity index (χ4n) is 4.34. The standard InChI is InChI=1S/C25H36N6O3/c26-21(15-18-8-11-19(12-9-18)30-25(27)28)23(32)31-22(13-10-17-5-2-1-3-6-17)24(33)29-16-20-7-4-14-34-20/h4,7-9,11-12,14,17,21-22H,1-3,5-6,10,13,15-16,26H2,(H,29,33)(H,31,32)(H4,27,28,30)/t21-,22-/m0/s1. The van der Waals surface area contributed by atoms with E-state index in [1.54, 1.807) is 30.5 Å². The molecule has 1 saturated carbocycles. The summed E-state index contributed by atoms with van der Waals surface area (Å²) in [6.07, 6.45) is 9.50. The van der Waals surface area contributed by atoms with E-state index in [0.29, 0.717) is 30.2 Å². The molecular weight excluding hydrogens is 432 g/mol. The van der Waals surface area contributed by atoms with Crippen molar-refractivity contribution in [2.24, 2.45) is 28.1 Å². The van der Waals surface area contributed by atoms with Gasteiger partial charge in [-0.1, -0.05) is 44.2 Å². The van der Waals surface area contributed by atoms with E-state index < -0.39 is 12.1 Å². The number of nitrogens with one attached hydrogen (secondary N) is 2. The average Bonchev–Trinajstić information content (AvgIpc) is 3.35. The van der Waals surface area contributed by atoms with Crippen LogP contribution in [0.25, 0.3) is 0 Å². The van der Waals surface area contributed by atoms with E-state index in [1.807, 2.05) is 12.1 Å². The molecule has 184 valence electrons. The van der Waals surface area contributed by atoms with Crippen molar-refractivity contribution in [3.05, 3.63) is 54.0 Å². The number of hydrogen-bond donors (Lipinski definition) is 5. The van der Waals surface area contributed by atoms with Crippen LogP contribution in [0.3, 0.4) is 0 Å². The minimum absolute atomic E-state index is 0.0200. The maximum Gasteiger partial charge on any atom is 0.242 e. The summed E-state index contributed by atoms with van der Waals surface area (Å²) in [5.41, 5.74) is 18.5. The van der Waals surface area contributed by atoms with Gasteiger partial charge in [-0.05, 0) is 55.0 Å². The number of rotatable bonds is 11. The van der Waals surface area contributed by atoms with Crippen molar-refractivity contribution in [2.45, 2.75) is 70.0 Å². The van der Waals surface area contributed by atoms with Gasteiger partial charge < -0.3 is 32.3 Å². The first-order chi connectivity index (χ1) is 16.4. The van der Waals surface area contributed by atoms with Crippen LogP contribution in [0, 0.1) is 5.92 Å². The highest BCUT2D eigenvalue weighted by molar-refractivity contribution is 5.89. The second-order valence-electron chi connectivity index (χ2n) is 8.95. The molecule has 1 fully saturated rings. The molecule has 2 atom stereocenters. The third kappa shape index (κ3) is 8.22. The van der Waals surface area contributed by atoms with Gasteiger partial charge in [0.1, 0.15) is 11.8 Å². The summed E-state index contributed by atoms with van der Waals surface area (Å²) < 4.78 is 5.29. The van der Waals surface area contributed by atoms with Crippen LogP contribution in [0.5, 0.6) is 0 Å². The molecule has 34 heavy (non-hydrogen) atoms. The minimum Gasteiger partial charge on any atom is -0.467 e. The number of carbonyl (C=O) groups excluding carboxylic acids is 2. The average molecular weight is 469 g/mol. The number of benzene rings is 1. The summed E-state index contributed by atoms with van der Waals surface area (Å²) in [6.45, 7) is 0.274. The molecule has 1 aromatic heterocycles. The molecule has 2 aromatic rings. The van der Waals surface area contributed by atoms with Gasteiger partial charge in [0.2, 0.25) is 11.8 Å². The molecule has 9 nitrogen and oxygen atoms in total. The first-order valence-corrected chi connectivity index (χ1v) is 12.0. The van der Waals surface area contributed by atoms with Gasteiger partial charge in [-0.3, -0.25) is 9.59 Å². The lowest BCUT2D eigenvalue weighted by atomic mass is 9.85. The first-order valence-electron chi connectivity index (χ1n) is 12.0. The largest absolute Gasteiger partial charge is 0.467 e. The van der Waals surface area contributed by atoms with Crippen LogP contribution in [0.15, 0.2) is 52.1 Å². The zero-order valence-electron chi connectivity index (χ0n) is 19.5. The number of nitrogens with two attached hydrogens (primary N) is 3. The zero-order chi connectivity index (χ0) is 24.3. The van der Waals surface area contributed by atoms with E-state index in [4.69, 9.17) is 21.6 Å². The van der Waals surface area contributed by atoms with E-state index in [0.717, 1.165) is 12.0 Å². The molecule has 1 aliphatic carbocycles. The minimum atomic E-state index is -0.788. The number of nitrogens with zero attached hydrogens (tertiary/aromatic N) is 1. The molecule has 1 aromatic carbocycles. The first kappa shape index (κ1) is 25.3. The molecule has 1 heterocycles. The summed E-state index contributed by atoms with van der Waals surface area (Å²) in [4.78, 5) is 29.8. The number of furan rings is 1. The van der Waals surface area contributed by atoms with Crippen LogP contribution >= 0.6 is 0 Å². The van der Waals surface area contributed by atoms with Crippen LogP contribution < -0.4 is 27.8 Å². The Bertz CT molecular complexity index is 932. The second-order valence-corrected chi connectivity index (χ2v) is 8.95. The molecule has 0 radical (unpaired) electrons. The van der Waals surface area contributed by atoms with Gasteiger partial charge >= 0.3 is 0 Å². The van der Waals surface area contributed by atoms with E-state index >= 15 is 0 Å². The maximum atomic E-state index is 12.9. The van der Waals surface area contributed by atoms with Crippen LogP contribution in [0.4, 0.5) is 5.69 Å². The van der Waals surface area contributed by atoms with Crippen LogP contribution in [-0.2, 0) is 22.6 Å². The van der Waals surface area contributed by atoms with Crippen molar-refractivity contribution in [3.8, 4) is 0 Å². The fourth-order valence-corrected chi connectivity index (χ4v) is 4.34. The number of guanidine groups is 1. The van der Waals surface area contributed by atoms with Crippen molar-refractivity contribution < 1.29 is 14.0 Å². The highest BCUT2D eigenvalue weighted by atomic mass is 16.3. The quantitative estimate of drug-likeness (QED) is 0.251. The monoisotopic (exact) mass is 468 g/mol. The summed E-state index contributed by atoms with van der Waals surface area (Å²) in [5.74, 6) is 0.660. The lowest BCUT2D eigenvalue weighted by molar-refractivity contribution is -0.130. The second kappa shape index (κ2) is 12.8. The van der Waals surface area contributed by atoms with Gasteiger partial charge in [0.05, 0.1) is 24.5 Å². The topological polar surface area (TPSA) is 162 Å². The number of amides is 2. The molecule has 0 bridgehead atoms. The SMILES string of the molecule is NC(N)=Nc1ccc(C[C@H](N)C(=O)N[C@@H](CCC2CCCCC2)C(=O)NCc2ccco2)cc1. The molecule has 0 aliphatic heterocycles. The predicted octanol–water partition coefficient (Wildman–Crippen LogP) is 2.22. The summed E-state index contributed by atoms with van der Waals surface area (Å²) in [6, 6.07) is 9.31. The third-order valence-electron chi connectivity index (χ3n) is 6.23. The number of aliphatic imine (C=N–C) groups is 1. The Morgan fingerprint density at radius 2 is 1.79 bits per heavy atom. The Kier molecular flexibility index (Phi) is 9.51. The molecular formula is C25H36N6O3. The molecule has 0 saturated heterocycles. The Morgan fingerprint density at radius 1 is 1.06 bits per heavy atom. The molecule has 3 rings (SSSR count). The van der Waals surface area contributed by atoms with Gasteiger partial charge in [-0.15, -0.1) is 0 Å². The van der Waals surface area contributed by atoms with Crippen molar-refractivity contribution >= 4 is 23.5 Å². The van der Waals surface area contributed by atoms with Gasteiger partial charge in [0.25, 0.3) is 0 Å². The molecule has 0 unspecified atom stereocenters. The van der Waals surface area contributed by atoms with Crippen molar-refractivity contribution in [3.63, 3.8) is 0 Å². The Balaban J connectivity index is 1.57. The van der Waals surface area contributed by atoms with Gasteiger partial charge in [0, 0.05) is 0 Å². The van der Waals surface area contributed by atoms with Crippen LogP contribution in [0.2, 0.25) is 0 Å². The highest BCUT2D eigenvalue weighted by Crippen LogP contribution is 2.27. The smallest absolute Gasteiger partial charge is 0.242 e. The van der Waals surface area contributed by atoms with Gasteiger partial charge in [0.15, 0.2) is 5.96 Å². The summed E-state index contributed by atoms with van der Waals surface area (Å²) >= 11 is 0. The van der Waals surface area contributed by atoms with Crippen molar-refractivity contribution in [1.29, 1.82) is 0 Å². The Labute approximate surface area is 200 Å². The Hall–Kier alpha value is -3.33. The lowest BCUT2D eigenvalue weighted by Gasteiger charge is -2.25. The van der Waals surface area contributed by atoms with E-state index in [-0.39, 0.29) is 24.3 Å². The van der Waals surface area contributed by atoms with E-state index in [1.165, 1.54) is 32.1 Å². The molecule has 9 heteroatoms. The summed E-state index contributed by atoms with van der Waals surface area (Å²) in [7, 11) is 0. The van der Waals surface area contributed by atoms with Crippen molar-refractivity contribution in [1.82, 2.24) is 10.6 Å². The van der Waals surface area contributed by atoms with Crippen molar-refractivity contribution in [2.75, 3.05) is 0 Å². The normalized spacial score (nSPS) is 15.8. The summed E-state index contributed by atoms with van der Waals surface area (Å²) in [5, 5.41) is 5.75. The van der Waals surface area contributed by atoms with Gasteiger partial charge in [-0.2, -0.15) is 0 Å².